The molecule has 3 nitrogen and oxygen atoms in total. The van der Waals surface area contributed by atoms with Crippen LogP contribution >= 0.6 is 0 Å². The molecule has 0 radical (unpaired) electrons. The van der Waals surface area contributed by atoms with Crippen molar-refractivity contribution in [1.29, 1.82) is 0 Å². The summed E-state index contributed by atoms with van der Waals surface area (Å²) in [5.74, 6) is 0.868. The molecule has 0 bridgehead atoms. The molecule has 2 aromatic carbocycles. The summed E-state index contributed by atoms with van der Waals surface area (Å²) in [6.07, 6.45) is 1.35. The predicted octanol–water partition coefficient (Wildman–Crippen LogP) is 2.57. The number of hydrogen-bond donors (Lipinski definition) is 1. The van der Waals surface area contributed by atoms with Crippen LogP contribution in [0.4, 0.5) is 5.69 Å². The van der Waals surface area contributed by atoms with E-state index in [9.17, 15) is 0 Å². The van der Waals surface area contributed by atoms with Gasteiger partial charge in [-0.25, -0.2) is 0 Å². The van der Waals surface area contributed by atoms with Crippen LogP contribution in [0.5, 0.6) is 0 Å². The second kappa shape index (κ2) is 6.27. The zero-order valence-electron chi connectivity index (χ0n) is 13.2. The fourth-order valence-electron chi connectivity index (χ4n) is 3.80. The van der Waals surface area contributed by atoms with Gasteiger partial charge in [0.15, 0.2) is 0 Å². The van der Waals surface area contributed by atoms with Gasteiger partial charge in [0.05, 0.1) is 0 Å². The highest BCUT2D eigenvalue weighted by Gasteiger charge is 2.22. The van der Waals surface area contributed by atoms with Crippen molar-refractivity contribution in [2.75, 3.05) is 50.7 Å². The first-order valence-corrected chi connectivity index (χ1v) is 8.55. The molecule has 1 N–H and O–H groups in total. The van der Waals surface area contributed by atoms with Crippen molar-refractivity contribution in [3.63, 3.8) is 0 Å². The molecule has 2 aliphatic rings. The molecule has 116 valence electrons. The first kappa shape index (κ1) is 14.0. The van der Waals surface area contributed by atoms with Crippen LogP contribution in [0, 0.1) is 5.92 Å². The number of benzene rings is 2. The molecule has 0 aliphatic carbocycles. The average molecular weight is 295 g/mol. The fourth-order valence-corrected chi connectivity index (χ4v) is 3.80. The fraction of sp³-hybridized carbons (Fsp3) is 0.474. The van der Waals surface area contributed by atoms with Crippen LogP contribution in [0.2, 0.25) is 0 Å². The quantitative estimate of drug-likeness (QED) is 0.939. The smallest absolute Gasteiger partial charge is 0.0373 e. The highest BCUT2D eigenvalue weighted by atomic mass is 15.3. The summed E-state index contributed by atoms with van der Waals surface area (Å²) in [6.45, 7) is 8.40. The molecule has 2 heterocycles. The van der Waals surface area contributed by atoms with Crippen molar-refractivity contribution in [3.05, 3.63) is 42.5 Å². The maximum absolute atomic E-state index is 3.48. The van der Waals surface area contributed by atoms with Gasteiger partial charge < -0.3 is 10.2 Å². The lowest BCUT2D eigenvalue weighted by Crippen LogP contribution is -2.48. The maximum atomic E-state index is 3.48. The molecule has 0 aromatic heterocycles. The first-order chi connectivity index (χ1) is 10.9. The molecule has 1 atom stereocenters. The largest absolute Gasteiger partial charge is 0.369 e. The predicted molar refractivity (Wildman–Crippen MR) is 93.6 cm³/mol. The Morgan fingerprint density at radius 2 is 1.77 bits per heavy atom. The standard InChI is InChI=1S/C19H25N3/c1-2-4-18-13-19(6-5-17(18)3-1)22-11-9-21(10-12-22)15-16-7-8-20-14-16/h1-6,13,16,20H,7-12,14-15H2/t16-/m1/s1. The summed E-state index contributed by atoms with van der Waals surface area (Å²) in [6, 6.07) is 15.5. The van der Waals surface area contributed by atoms with Gasteiger partial charge in [-0.15, -0.1) is 0 Å². The van der Waals surface area contributed by atoms with Gasteiger partial charge in [0, 0.05) is 38.4 Å². The van der Waals surface area contributed by atoms with Crippen LogP contribution < -0.4 is 10.2 Å². The third kappa shape index (κ3) is 2.96. The van der Waals surface area contributed by atoms with E-state index in [1.54, 1.807) is 0 Å². The highest BCUT2D eigenvalue weighted by molar-refractivity contribution is 5.85. The number of hydrogen-bond acceptors (Lipinski definition) is 3. The Morgan fingerprint density at radius 1 is 0.955 bits per heavy atom. The van der Waals surface area contributed by atoms with Crippen LogP contribution in [0.15, 0.2) is 42.5 Å². The van der Waals surface area contributed by atoms with Gasteiger partial charge in [-0.2, -0.15) is 0 Å². The Bertz CT molecular complexity index is 625. The molecule has 0 amide bonds. The number of nitrogens with zero attached hydrogens (tertiary/aromatic N) is 2. The molecular formula is C19H25N3. The Hall–Kier alpha value is -1.58. The minimum atomic E-state index is 0.868. The van der Waals surface area contributed by atoms with E-state index in [2.05, 4.69) is 57.6 Å². The van der Waals surface area contributed by atoms with Crippen molar-refractivity contribution in [1.82, 2.24) is 10.2 Å². The second-order valence-corrected chi connectivity index (χ2v) is 6.68. The molecule has 2 saturated heterocycles. The molecule has 2 fully saturated rings. The van der Waals surface area contributed by atoms with Crippen molar-refractivity contribution >= 4 is 16.5 Å². The van der Waals surface area contributed by atoms with E-state index in [4.69, 9.17) is 0 Å². The Labute approximate surface area is 132 Å². The van der Waals surface area contributed by atoms with E-state index in [1.165, 1.54) is 55.6 Å². The molecular weight excluding hydrogens is 270 g/mol. The SMILES string of the molecule is c1ccc2cc(N3CCN(C[C@@H]4CCNC4)CC3)ccc2c1. The number of anilines is 1. The maximum Gasteiger partial charge on any atom is 0.0373 e. The summed E-state index contributed by atoms with van der Waals surface area (Å²) >= 11 is 0. The van der Waals surface area contributed by atoms with Crippen molar-refractivity contribution in [2.45, 2.75) is 6.42 Å². The molecule has 0 unspecified atom stereocenters. The van der Waals surface area contributed by atoms with Crippen molar-refractivity contribution < 1.29 is 0 Å². The van der Waals surface area contributed by atoms with E-state index in [0.29, 0.717) is 0 Å². The normalized spacial score (nSPS) is 23.3. The number of nitrogens with one attached hydrogen (secondary N) is 1. The van der Waals surface area contributed by atoms with Crippen LogP contribution in [0.3, 0.4) is 0 Å². The summed E-state index contributed by atoms with van der Waals surface area (Å²) in [5.41, 5.74) is 1.38. The van der Waals surface area contributed by atoms with Crippen LogP contribution in [0.1, 0.15) is 6.42 Å². The van der Waals surface area contributed by atoms with Crippen molar-refractivity contribution in [2.24, 2.45) is 5.92 Å². The van der Waals surface area contributed by atoms with Gasteiger partial charge in [-0.05, 0) is 48.3 Å². The molecule has 3 heteroatoms. The van der Waals surface area contributed by atoms with E-state index in [0.717, 1.165) is 19.0 Å². The molecule has 4 rings (SSSR count). The summed E-state index contributed by atoms with van der Waals surface area (Å²) in [7, 11) is 0. The molecule has 22 heavy (non-hydrogen) atoms. The van der Waals surface area contributed by atoms with E-state index >= 15 is 0 Å². The van der Waals surface area contributed by atoms with Gasteiger partial charge in [-0.3, -0.25) is 4.90 Å². The Morgan fingerprint density at radius 3 is 2.55 bits per heavy atom. The van der Waals surface area contributed by atoms with Gasteiger partial charge in [0.25, 0.3) is 0 Å². The minimum absolute atomic E-state index is 0.868. The van der Waals surface area contributed by atoms with Gasteiger partial charge in [0.2, 0.25) is 0 Å². The Balaban J connectivity index is 1.39. The summed E-state index contributed by atoms with van der Waals surface area (Å²) in [4.78, 5) is 5.19. The molecule has 0 saturated carbocycles. The van der Waals surface area contributed by atoms with Crippen LogP contribution in [-0.4, -0.2) is 50.7 Å². The number of fused-ring (bicyclic) bond motifs is 1. The third-order valence-corrected chi connectivity index (χ3v) is 5.15. The Kier molecular flexibility index (Phi) is 4.00. The van der Waals surface area contributed by atoms with Gasteiger partial charge in [-0.1, -0.05) is 30.3 Å². The lowest BCUT2D eigenvalue weighted by molar-refractivity contribution is 0.225. The van der Waals surface area contributed by atoms with Crippen LogP contribution in [-0.2, 0) is 0 Å². The lowest BCUT2D eigenvalue weighted by atomic mass is 10.1. The second-order valence-electron chi connectivity index (χ2n) is 6.68. The van der Waals surface area contributed by atoms with Gasteiger partial charge in [0.1, 0.15) is 0 Å². The molecule has 2 aromatic rings. The molecule has 0 spiro atoms. The third-order valence-electron chi connectivity index (χ3n) is 5.15. The van der Waals surface area contributed by atoms with Crippen LogP contribution in [0.25, 0.3) is 10.8 Å². The van der Waals surface area contributed by atoms with Gasteiger partial charge >= 0.3 is 0 Å². The zero-order valence-corrected chi connectivity index (χ0v) is 13.2. The minimum Gasteiger partial charge on any atom is -0.369 e. The zero-order chi connectivity index (χ0) is 14.8. The summed E-state index contributed by atoms with van der Waals surface area (Å²) < 4.78 is 0. The first-order valence-electron chi connectivity index (χ1n) is 8.55. The lowest BCUT2D eigenvalue weighted by Gasteiger charge is -2.37. The summed E-state index contributed by atoms with van der Waals surface area (Å²) in [5, 5.41) is 6.16. The topological polar surface area (TPSA) is 18.5 Å². The van der Waals surface area contributed by atoms with Crippen molar-refractivity contribution in [3.8, 4) is 0 Å². The number of rotatable bonds is 3. The van der Waals surface area contributed by atoms with E-state index < -0.39 is 0 Å². The number of piperazine rings is 1. The van der Waals surface area contributed by atoms with E-state index in [1.807, 2.05) is 0 Å². The monoisotopic (exact) mass is 295 g/mol. The van der Waals surface area contributed by atoms with E-state index in [-0.39, 0.29) is 0 Å². The molecule has 2 aliphatic heterocycles. The highest BCUT2D eigenvalue weighted by Crippen LogP contribution is 2.23. The average Bonchev–Trinajstić information content (AvgIpc) is 3.08.